The molecular weight excluding hydrogens is 2010 g/mol. The van der Waals surface area contributed by atoms with Gasteiger partial charge in [0.2, 0.25) is 56.3 Å². The van der Waals surface area contributed by atoms with Crippen LogP contribution in [-0.2, 0) is 95.3 Å². The lowest BCUT2D eigenvalue weighted by molar-refractivity contribution is -0.126. The summed E-state index contributed by atoms with van der Waals surface area (Å²) in [6.07, 6.45) is 8.28. The molecule has 14 N–H and O–H groups in total. The zero-order chi connectivity index (χ0) is 101. The van der Waals surface area contributed by atoms with E-state index in [0.29, 0.717) is 96.0 Å². The Morgan fingerprint density at radius 1 is 0.446 bits per heavy atom. The molecule has 1 aliphatic heterocycles. The summed E-state index contributed by atoms with van der Waals surface area (Å²) in [5.74, 6) is -4.73. The molecule has 5 fully saturated rings. The molecule has 10 amide bonds. The van der Waals surface area contributed by atoms with Gasteiger partial charge in [-0.05, 0) is 144 Å². The Morgan fingerprint density at radius 2 is 0.763 bits per heavy atom. The summed E-state index contributed by atoms with van der Waals surface area (Å²) in [6, 6.07) is 40.5. The van der Waals surface area contributed by atoms with Gasteiger partial charge in [0, 0.05) is 116 Å². The van der Waals surface area contributed by atoms with Crippen LogP contribution >= 0.6 is 72.0 Å². The van der Waals surface area contributed by atoms with Gasteiger partial charge in [-0.3, -0.25) is 49.0 Å². The van der Waals surface area contributed by atoms with E-state index < -0.39 is 65.6 Å². The minimum absolute atomic E-state index is 0.00646. The van der Waals surface area contributed by atoms with Crippen LogP contribution in [0.15, 0.2) is 150 Å². The summed E-state index contributed by atoms with van der Waals surface area (Å²) in [4.78, 5) is 136. The number of halogens is 6. The Bertz CT molecular complexity index is 6840. The van der Waals surface area contributed by atoms with E-state index in [0.717, 1.165) is 96.1 Å². The molecule has 4 saturated carbocycles. The fraction of sp³-hybridized carbons (Fsp3) is 0.326. The molecule has 1 atom stereocenters. The van der Waals surface area contributed by atoms with Gasteiger partial charge in [-0.15, -0.1) is 45.3 Å². The summed E-state index contributed by atoms with van der Waals surface area (Å²) < 4.78 is 126. The van der Waals surface area contributed by atoms with Gasteiger partial charge in [-0.2, -0.15) is 0 Å². The first-order valence-electron chi connectivity index (χ1n) is 43.1. The smallest absolute Gasteiger partial charge is 0.453 e. The van der Waals surface area contributed by atoms with Crippen molar-refractivity contribution in [3.05, 3.63) is 193 Å². The largest absolute Gasteiger partial charge is 0.496 e. The van der Waals surface area contributed by atoms with E-state index in [-0.39, 0.29) is 145 Å². The zero-order valence-corrected chi connectivity index (χ0v) is 83.2. The number of anilines is 4. The third-order valence-electron chi connectivity index (χ3n) is 21.4. The highest BCUT2D eigenvalue weighted by Crippen LogP contribution is 2.42. The van der Waals surface area contributed by atoms with Gasteiger partial charge in [-0.1, -0.05) is 72.8 Å². The second-order valence-corrected chi connectivity index (χ2v) is 43.9. The van der Waals surface area contributed by atoms with Crippen molar-refractivity contribution in [3.63, 3.8) is 0 Å². The number of nitrogens with one attached hydrogen (secondary N) is 10. The summed E-state index contributed by atoms with van der Waals surface area (Å²) in [7, 11) is -0.577. The first-order valence-corrected chi connectivity index (χ1v) is 51.9. The molecule has 34 nitrogen and oxygen atoms in total. The highest BCUT2D eigenvalue weighted by molar-refractivity contribution is 9.10. The van der Waals surface area contributed by atoms with Crippen molar-refractivity contribution in [1.82, 2.24) is 62.5 Å². The lowest BCUT2D eigenvalue weighted by atomic mass is 9.78. The molecule has 139 heavy (non-hydrogen) atoms. The average molecular weight is 2110 g/mol. The van der Waals surface area contributed by atoms with E-state index in [1.165, 1.54) is 72.5 Å². The lowest BCUT2D eigenvalue weighted by Gasteiger charge is -2.32. The van der Waals surface area contributed by atoms with Gasteiger partial charge < -0.3 is 72.8 Å². The maximum atomic E-state index is 15.1. The maximum absolute atomic E-state index is 15.1. The second-order valence-electron chi connectivity index (χ2n) is 33.5. The van der Waals surface area contributed by atoms with Crippen molar-refractivity contribution in [2.24, 2.45) is 0 Å². The number of carbonyl (C=O) groups excluding carboxylic acids is 10. The first-order chi connectivity index (χ1) is 65.8. The number of fused-ring (bicyclic) bond motifs is 4. The highest BCUT2D eigenvalue weighted by atomic mass is 79.9. The summed E-state index contributed by atoms with van der Waals surface area (Å²) >= 11 is 7.98. The van der Waals surface area contributed by atoms with Crippen LogP contribution in [0.5, 0.6) is 0 Å². The molecule has 17 rings (SSSR count). The van der Waals surface area contributed by atoms with Crippen LogP contribution in [0.3, 0.4) is 0 Å². The van der Waals surface area contributed by atoms with Crippen LogP contribution < -0.4 is 70.1 Å². The number of rotatable bonds is 27. The predicted molar refractivity (Wildman–Crippen MR) is 531 cm³/mol. The number of amides is 10. The number of aromatic nitrogens is 4. The van der Waals surface area contributed by atoms with Gasteiger partial charge in [0.1, 0.15) is 43.3 Å². The van der Waals surface area contributed by atoms with Crippen LogP contribution in [0, 0.1) is 23.3 Å². The van der Waals surface area contributed by atoms with E-state index >= 15 is 4.39 Å². The van der Waals surface area contributed by atoms with Crippen LogP contribution in [0.25, 0.3) is 74.2 Å². The number of sulfone groups is 1. The van der Waals surface area contributed by atoms with Gasteiger partial charge in [0.05, 0.1) is 134 Å². The number of benzene rings is 8. The Kier molecular flexibility index (Phi) is 35.3. The quantitative estimate of drug-likeness (QED) is 0.00984. The van der Waals surface area contributed by atoms with Gasteiger partial charge >= 0.3 is 19.3 Å². The number of para-hydroxylation sites is 4. The third kappa shape index (κ3) is 31.0. The number of carbonyl (C=O) groups is 10. The van der Waals surface area contributed by atoms with Crippen LogP contribution in [-0.4, -0.2) is 192 Å². The molecule has 0 spiro atoms. The zero-order valence-electron chi connectivity index (χ0n) is 75.9. The summed E-state index contributed by atoms with van der Waals surface area (Å²) in [5.41, 5.74) is 18.0. The Hall–Kier alpha value is -12.4. The van der Waals surface area contributed by atoms with Gasteiger partial charge in [0.25, 0.3) is 0 Å². The van der Waals surface area contributed by atoms with Crippen molar-refractivity contribution in [3.8, 4) is 33.4 Å². The minimum atomic E-state index is -3.97. The topological polar surface area (TPSA) is 500 Å². The number of hydrogen-bond donors (Lipinski definition) is 12. The molecule has 4 aromatic heterocycles. The van der Waals surface area contributed by atoms with E-state index in [9.17, 15) is 78.0 Å². The number of nitrogens with zero attached hydrogens (tertiary/aromatic N) is 4. The highest BCUT2D eigenvalue weighted by Gasteiger charge is 2.52. The fourth-order valence-electron chi connectivity index (χ4n) is 13.2. The number of nitrogens with two attached hydrogens (primary N) is 2. The van der Waals surface area contributed by atoms with E-state index in [2.05, 4.69) is 109 Å². The number of methoxy groups -OCH3 is 2. The monoisotopic (exact) mass is 2110 g/mol. The number of hydrogen-bond acceptors (Lipinski definition) is 28. The molecule has 1 unspecified atom stereocenters. The summed E-state index contributed by atoms with van der Waals surface area (Å²) in [5, 5.41) is 26.2. The number of nitrogen functional groups attached to an aromatic ring is 2. The molecular formula is C92H97BBrClF4N16O18S6. The minimum Gasteiger partial charge on any atom is -0.453 e. The number of ether oxygens (including phenoxy) is 2. The van der Waals surface area contributed by atoms with E-state index in [1.807, 2.05) is 52.0 Å². The Balaban J connectivity index is 0.000000157. The molecule has 0 bridgehead atoms. The van der Waals surface area contributed by atoms with Crippen molar-refractivity contribution < 1.29 is 101 Å². The van der Waals surface area contributed by atoms with E-state index in [4.69, 9.17) is 20.8 Å². The molecule has 5 aliphatic rings. The van der Waals surface area contributed by atoms with Crippen LogP contribution in [0.4, 0.5) is 49.9 Å². The molecule has 47 heteroatoms. The normalized spacial score (nSPS) is 14.6. The van der Waals surface area contributed by atoms with Crippen molar-refractivity contribution in [1.29, 1.82) is 0 Å². The molecule has 8 aromatic carbocycles. The third-order valence-corrected chi connectivity index (χ3v) is 27.6. The molecule has 1 saturated heterocycles. The average Bonchev–Trinajstić information content (AvgIpc) is 1.49. The van der Waals surface area contributed by atoms with Crippen LogP contribution in [0.1, 0.15) is 104 Å². The molecule has 734 valence electrons. The standard InChI is InChI=1S/C23H23FN4O6S2.C22H21FN4O4S.C20H19FN4O2S.C14H13BrFN3O2S.C12H18BNO2.CH3ClO2S/c1-34-23(31)28-16-6-4-3-5-13(16)14-9-18-17(10-15(14)24)27-22(35-18)20(36(2,32)33)21(30)25-11-19(29)26-12-7-8-12;1-31-22(30)27-16-5-3-2-4-13(16)14-8-18-17(9-15(14)23)26-21(32-18)10-19(28)24-11-20(29)25-12-6-7-12;21-14-8-16-17(7-13(14)12-3-1-2-4-15(12)22)28-20(25-16)9-18(26)23-10-19(27)24-11-5-6-11;15-8-3-11-10(4-9(8)16)19-14(22-11)5-12(20)17-6-13(21)18-7-1-2-7;1-11(2)12(3,4)16-13(15-11)9-7-5-6-8-10(9)14;1-5(2,3)4/h3-6,9-10,12,20H,7-8,11H2,1-2H3,(H,25,30)(H,26,29)(H,28,31);2-5,8-9,12H,6-7,10-11H2,1H3,(H,24,28)(H,25,29)(H,27,30);1-4,7-8,11H,5-6,9-10,22H2,(H,23,26)(H,24,27);3-4,7H,1-2,5-6H2,(H,17,20)(H,18,21);5-8H,14H2,1-4H3;1H3. The molecule has 12 aromatic rings. The van der Waals surface area contributed by atoms with E-state index in [1.54, 1.807) is 91.0 Å². The SMILES string of the molecule is CC1(C)OB(c2ccccc2N)OC1(C)C.COC(=O)Nc1ccccc1-c1cc2sc(C(C(=O)NCC(=O)NC3CC3)S(C)(=O)=O)nc2cc1F.COC(=O)Nc1ccccc1-c1cc2sc(CC(=O)NCC(=O)NC3CC3)nc2cc1F.CS(=O)(=O)Cl.Nc1ccccc1-c1cc2sc(CC(=O)NCC(=O)NC3CC3)nc2cc1F.O=C(Cc1nc2cc(F)c(Br)cc2s1)NCC(=O)NC1CC1. The summed E-state index contributed by atoms with van der Waals surface area (Å²) in [6.45, 7) is 7.61. The van der Waals surface area contributed by atoms with Crippen LogP contribution in [0.2, 0.25) is 0 Å². The predicted octanol–water partition coefficient (Wildman–Crippen LogP) is 12.5. The Labute approximate surface area is 824 Å². The lowest BCUT2D eigenvalue weighted by Crippen LogP contribution is -2.41. The van der Waals surface area contributed by atoms with Crippen molar-refractivity contribution in [2.75, 3.05) is 75.0 Å². The molecule has 4 aliphatic carbocycles. The Morgan fingerprint density at radius 3 is 1.12 bits per heavy atom. The molecule has 5 heterocycles. The van der Waals surface area contributed by atoms with Crippen molar-refractivity contribution in [2.45, 2.75) is 139 Å². The van der Waals surface area contributed by atoms with Crippen molar-refractivity contribution >= 4 is 226 Å². The maximum Gasteiger partial charge on any atom is 0.496 e. The number of thiazole rings is 4. The molecule has 0 radical (unpaired) electrons. The fourth-order valence-corrected chi connectivity index (χ4v) is 19.2. The van der Waals surface area contributed by atoms with Gasteiger partial charge in [0.15, 0.2) is 15.1 Å². The second kappa shape index (κ2) is 46.6. The first kappa shape index (κ1) is 105. The van der Waals surface area contributed by atoms with Gasteiger partial charge in [-0.25, -0.2) is 63.9 Å².